The first kappa shape index (κ1) is 22.8. The monoisotopic (exact) mass is 526 g/mol. The van der Waals surface area contributed by atoms with Crippen LogP contribution in [0.3, 0.4) is 0 Å². The van der Waals surface area contributed by atoms with Gasteiger partial charge in [-0.05, 0) is 44.5 Å². The molecule has 0 bridgehead atoms. The predicted octanol–water partition coefficient (Wildman–Crippen LogP) is 3.17. The normalized spacial score (nSPS) is 20.9. The number of nitrogens with zero attached hydrogens (tertiary/aromatic N) is 6. The van der Waals surface area contributed by atoms with Gasteiger partial charge in [-0.1, -0.05) is 29.4 Å². The van der Waals surface area contributed by atoms with Crippen LogP contribution in [0.4, 0.5) is 16.2 Å². The first-order chi connectivity index (χ1) is 17.2. The average molecular weight is 527 g/mol. The molecule has 1 aromatic carbocycles. The number of nitrogen functional groups attached to an aromatic ring is 1. The number of amides is 1. The van der Waals surface area contributed by atoms with Gasteiger partial charge in [0.2, 0.25) is 5.95 Å². The number of rotatable bonds is 4. The molecule has 13 heteroatoms. The number of nitrogens with one attached hydrogen (secondary N) is 1. The van der Waals surface area contributed by atoms with Crippen LogP contribution in [-0.2, 0) is 0 Å². The first-order valence-electron chi connectivity index (χ1n) is 11.2. The van der Waals surface area contributed by atoms with Gasteiger partial charge in [0.05, 0.1) is 27.3 Å². The van der Waals surface area contributed by atoms with Crippen LogP contribution in [0.5, 0.6) is 0 Å². The highest BCUT2D eigenvalue weighted by Gasteiger charge is 2.47. The second-order valence-corrected chi connectivity index (χ2v) is 10.8. The summed E-state index contributed by atoms with van der Waals surface area (Å²) in [6.45, 7) is 4.41. The van der Waals surface area contributed by atoms with E-state index in [1.54, 1.807) is 18.3 Å². The zero-order valence-corrected chi connectivity index (χ0v) is 20.8. The van der Waals surface area contributed by atoms with Gasteiger partial charge in [0, 0.05) is 12.7 Å². The molecule has 0 spiro atoms. The van der Waals surface area contributed by atoms with Crippen LogP contribution in [-0.4, -0.2) is 41.5 Å². The van der Waals surface area contributed by atoms with Crippen molar-refractivity contribution < 1.29 is 9.18 Å². The van der Waals surface area contributed by atoms with Crippen LogP contribution in [0.1, 0.15) is 42.4 Å². The lowest BCUT2D eigenvalue weighted by Crippen LogP contribution is -2.57. The lowest BCUT2D eigenvalue weighted by atomic mass is 10.0. The van der Waals surface area contributed by atoms with Crippen molar-refractivity contribution in [1.29, 1.82) is 0 Å². The molecular formula is C23H20ClFN8O2S. The lowest BCUT2D eigenvalue weighted by molar-refractivity contribution is 0.0958. The number of aromatic nitrogens is 5. The number of hydrogen-bond acceptors (Lipinski definition) is 8. The van der Waals surface area contributed by atoms with E-state index in [4.69, 9.17) is 17.3 Å². The Labute approximate surface area is 213 Å². The third kappa shape index (κ3) is 3.35. The number of carbonyl (C=O) groups excluding carboxylic acids is 1. The molecular weight excluding hydrogens is 507 g/mol. The Morgan fingerprint density at radius 3 is 2.81 bits per heavy atom. The van der Waals surface area contributed by atoms with Crippen molar-refractivity contribution in [2.75, 3.05) is 17.2 Å². The van der Waals surface area contributed by atoms with Crippen molar-refractivity contribution in [3.63, 3.8) is 0 Å². The van der Waals surface area contributed by atoms with Crippen LogP contribution in [0.2, 0.25) is 5.02 Å². The van der Waals surface area contributed by atoms with Crippen LogP contribution in [0.25, 0.3) is 11.2 Å². The Hall–Kier alpha value is -3.64. The molecule has 184 valence electrons. The van der Waals surface area contributed by atoms with Crippen LogP contribution >= 0.6 is 23.4 Å². The number of nitrogens with two attached hydrogens (primary N) is 1. The fraction of sp³-hybridized carbons (Fsp3) is 0.261. The maximum atomic E-state index is 14.1. The highest BCUT2D eigenvalue weighted by atomic mass is 35.5. The van der Waals surface area contributed by atoms with E-state index in [0.29, 0.717) is 40.9 Å². The van der Waals surface area contributed by atoms with Crippen LogP contribution in [0.15, 0.2) is 46.5 Å². The minimum Gasteiger partial charge on any atom is -0.368 e. The van der Waals surface area contributed by atoms with E-state index in [1.807, 2.05) is 18.7 Å². The molecule has 2 aliphatic heterocycles. The minimum absolute atomic E-state index is 0.0737. The number of anilines is 2. The first-order valence-corrected chi connectivity index (χ1v) is 12.4. The summed E-state index contributed by atoms with van der Waals surface area (Å²) in [7, 11) is 0. The Morgan fingerprint density at radius 2 is 2.08 bits per heavy atom. The largest absolute Gasteiger partial charge is 0.368 e. The van der Waals surface area contributed by atoms with Crippen molar-refractivity contribution in [3.8, 4) is 5.69 Å². The molecule has 0 aliphatic carbocycles. The summed E-state index contributed by atoms with van der Waals surface area (Å²) in [5, 5.41) is 8.08. The fourth-order valence-electron chi connectivity index (χ4n) is 4.64. The molecule has 36 heavy (non-hydrogen) atoms. The number of hydrogen-bond donors (Lipinski definition) is 2. The molecule has 1 amide bonds. The van der Waals surface area contributed by atoms with Gasteiger partial charge in [0.1, 0.15) is 22.7 Å². The zero-order valence-electron chi connectivity index (χ0n) is 19.2. The summed E-state index contributed by atoms with van der Waals surface area (Å²) < 4.78 is 16.9. The van der Waals surface area contributed by atoms with Gasteiger partial charge in [-0.3, -0.25) is 14.2 Å². The average Bonchev–Trinajstić information content (AvgIpc) is 3.31. The topological polar surface area (TPSA) is 123 Å². The molecule has 4 aromatic rings. The van der Waals surface area contributed by atoms with Crippen molar-refractivity contribution in [2.45, 2.75) is 36.3 Å². The summed E-state index contributed by atoms with van der Waals surface area (Å²) in [5.74, 6) is -0.236. The van der Waals surface area contributed by atoms with E-state index in [-0.39, 0.29) is 28.4 Å². The molecule has 2 atom stereocenters. The molecule has 5 heterocycles. The maximum Gasteiger partial charge on any atom is 0.284 e. The molecule has 3 N–H and O–H groups in total. The number of fused-ring (bicyclic) bond motifs is 2. The molecule has 6 rings (SSSR count). The van der Waals surface area contributed by atoms with Gasteiger partial charge in [0.25, 0.3) is 11.5 Å². The summed E-state index contributed by atoms with van der Waals surface area (Å²) >= 11 is 7.58. The third-order valence-electron chi connectivity index (χ3n) is 6.53. The van der Waals surface area contributed by atoms with E-state index in [0.717, 1.165) is 0 Å². The molecule has 10 nitrogen and oxygen atoms in total. The second-order valence-electron chi connectivity index (χ2n) is 8.90. The Morgan fingerprint density at radius 1 is 1.28 bits per heavy atom. The van der Waals surface area contributed by atoms with Gasteiger partial charge in [-0.15, -0.1) is 5.10 Å². The van der Waals surface area contributed by atoms with E-state index in [1.165, 1.54) is 39.0 Å². The van der Waals surface area contributed by atoms with E-state index in [9.17, 15) is 14.0 Å². The van der Waals surface area contributed by atoms with Crippen molar-refractivity contribution in [1.82, 2.24) is 29.5 Å². The Balaban J connectivity index is 1.48. The summed E-state index contributed by atoms with van der Waals surface area (Å²) in [6.07, 6.45) is 2.31. The Kier molecular flexibility index (Phi) is 5.02. The third-order valence-corrected chi connectivity index (χ3v) is 8.15. The van der Waals surface area contributed by atoms with Crippen molar-refractivity contribution in [2.24, 2.45) is 0 Å². The van der Waals surface area contributed by atoms with Gasteiger partial charge < -0.3 is 16.0 Å². The minimum atomic E-state index is -0.639. The van der Waals surface area contributed by atoms with E-state index < -0.39 is 16.2 Å². The van der Waals surface area contributed by atoms with Crippen LogP contribution < -0.4 is 21.5 Å². The molecule has 2 aliphatic rings. The Bertz CT molecular complexity index is 1640. The highest BCUT2D eigenvalue weighted by Crippen LogP contribution is 2.48. The summed E-state index contributed by atoms with van der Waals surface area (Å²) in [6, 6.07) is 7.04. The highest BCUT2D eigenvalue weighted by molar-refractivity contribution is 8.00. The lowest BCUT2D eigenvalue weighted by Gasteiger charge is -2.50. The summed E-state index contributed by atoms with van der Waals surface area (Å²) in [4.78, 5) is 36.3. The van der Waals surface area contributed by atoms with Crippen molar-refractivity contribution >= 4 is 46.6 Å². The van der Waals surface area contributed by atoms with Gasteiger partial charge in [0.15, 0.2) is 5.16 Å². The van der Waals surface area contributed by atoms with E-state index in [2.05, 4.69) is 20.4 Å². The molecule has 1 saturated heterocycles. The van der Waals surface area contributed by atoms with Crippen molar-refractivity contribution in [3.05, 3.63) is 69.0 Å². The molecule has 1 fully saturated rings. The van der Waals surface area contributed by atoms with Crippen LogP contribution in [0, 0.1) is 5.82 Å². The van der Waals surface area contributed by atoms with Gasteiger partial charge in [-0.25, -0.2) is 13.9 Å². The number of halogens is 2. The van der Waals surface area contributed by atoms with Gasteiger partial charge in [-0.2, -0.15) is 4.98 Å². The maximum absolute atomic E-state index is 14.1. The molecule has 1 unspecified atom stereocenters. The molecule has 0 radical (unpaired) electrons. The second kappa shape index (κ2) is 7.93. The predicted molar refractivity (Wildman–Crippen MR) is 134 cm³/mol. The fourth-order valence-corrected chi connectivity index (χ4v) is 6.15. The smallest absolute Gasteiger partial charge is 0.284 e. The molecule has 0 saturated carbocycles. The molecule has 3 aromatic heterocycles. The SMILES string of the molecule is C[C@H]1NC(=O)c2c1nc(N)nc2N1CCC1(C)Sc1nn2ccc(Cl)c2c(=O)n1-c1cccc(F)c1. The number of thioether (sulfide) groups is 1. The zero-order chi connectivity index (χ0) is 25.4. The summed E-state index contributed by atoms with van der Waals surface area (Å²) in [5.41, 5.74) is 7.03. The quantitative estimate of drug-likeness (QED) is 0.415. The van der Waals surface area contributed by atoms with E-state index >= 15 is 0 Å². The standard InChI is InChI=1S/C23H20ClFN8O2S/c1-11-16-15(19(34)27-11)18(29-21(26)28-16)31-9-7-23(31,2)36-22-30-32-8-6-14(24)17(32)20(35)33(22)13-5-3-4-12(25)10-13/h3-6,8,10-11H,7,9H2,1-2H3,(H,27,34)(H2,26,28,29)/t11-,23?/m1/s1. The number of carbonyl (C=O) groups is 1. The van der Waals surface area contributed by atoms with Gasteiger partial charge >= 0.3 is 0 Å². The number of benzene rings is 1.